The molecule has 5 nitrogen and oxygen atoms in total. The zero-order chi connectivity index (χ0) is 15.2. The standard InChI is InChI=1S/C14H21NO4S/c1-4-10-20(17,18)13-9-7-6-8-12(13)15-11(3)14(16)19-5-2/h6-9,11,15H,4-5,10H2,1-3H3. The highest BCUT2D eigenvalue weighted by molar-refractivity contribution is 7.91. The molecule has 1 aromatic carbocycles. The Morgan fingerprint density at radius 2 is 1.95 bits per heavy atom. The molecular weight excluding hydrogens is 278 g/mol. The molecule has 0 fully saturated rings. The van der Waals surface area contributed by atoms with E-state index in [4.69, 9.17) is 4.74 Å². The average molecular weight is 299 g/mol. The van der Waals surface area contributed by atoms with Crippen LogP contribution in [0.1, 0.15) is 27.2 Å². The van der Waals surface area contributed by atoms with E-state index in [1.165, 1.54) is 0 Å². The van der Waals surface area contributed by atoms with Crippen molar-refractivity contribution >= 4 is 21.5 Å². The molecule has 0 saturated carbocycles. The van der Waals surface area contributed by atoms with Crippen LogP contribution in [0.5, 0.6) is 0 Å². The van der Waals surface area contributed by atoms with E-state index in [0.29, 0.717) is 18.7 Å². The number of anilines is 1. The molecule has 1 aromatic rings. The number of rotatable bonds is 7. The van der Waals surface area contributed by atoms with E-state index in [1.54, 1.807) is 38.1 Å². The molecule has 1 N–H and O–H groups in total. The minimum atomic E-state index is -3.34. The largest absolute Gasteiger partial charge is 0.464 e. The van der Waals surface area contributed by atoms with Gasteiger partial charge in [-0.2, -0.15) is 0 Å². The van der Waals surface area contributed by atoms with Gasteiger partial charge in [-0.05, 0) is 32.4 Å². The quantitative estimate of drug-likeness (QED) is 0.782. The van der Waals surface area contributed by atoms with Crippen molar-refractivity contribution in [1.82, 2.24) is 0 Å². The maximum atomic E-state index is 12.2. The number of carbonyl (C=O) groups excluding carboxylic acids is 1. The molecule has 0 aliphatic carbocycles. The first-order valence-electron chi connectivity index (χ1n) is 6.67. The second-order valence-corrected chi connectivity index (χ2v) is 6.51. The first kappa shape index (κ1) is 16.5. The molecule has 1 atom stereocenters. The van der Waals surface area contributed by atoms with Crippen molar-refractivity contribution in [3.05, 3.63) is 24.3 Å². The third-order valence-corrected chi connectivity index (χ3v) is 4.68. The van der Waals surface area contributed by atoms with Gasteiger partial charge in [0.05, 0.1) is 22.9 Å². The Balaban J connectivity index is 3.00. The van der Waals surface area contributed by atoms with Crippen LogP contribution in [-0.2, 0) is 19.4 Å². The Morgan fingerprint density at radius 3 is 2.55 bits per heavy atom. The van der Waals surface area contributed by atoms with Gasteiger partial charge in [-0.1, -0.05) is 19.1 Å². The van der Waals surface area contributed by atoms with E-state index in [2.05, 4.69) is 5.32 Å². The van der Waals surface area contributed by atoms with Gasteiger partial charge in [0, 0.05) is 0 Å². The molecule has 6 heteroatoms. The van der Waals surface area contributed by atoms with Crippen molar-refractivity contribution in [3.8, 4) is 0 Å². The maximum absolute atomic E-state index is 12.2. The third kappa shape index (κ3) is 4.23. The Morgan fingerprint density at radius 1 is 1.30 bits per heavy atom. The van der Waals surface area contributed by atoms with Crippen molar-refractivity contribution in [2.24, 2.45) is 0 Å². The van der Waals surface area contributed by atoms with Crippen LogP contribution in [0.4, 0.5) is 5.69 Å². The minimum absolute atomic E-state index is 0.0828. The smallest absolute Gasteiger partial charge is 0.328 e. The minimum Gasteiger partial charge on any atom is -0.464 e. The van der Waals surface area contributed by atoms with Gasteiger partial charge >= 0.3 is 5.97 Å². The number of sulfone groups is 1. The number of carbonyl (C=O) groups is 1. The van der Waals surface area contributed by atoms with Crippen LogP contribution < -0.4 is 5.32 Å². The van der Waals surface area contributed by atoms with Crippen LogP contribution in [-0.4, -0.2) is 32.8 Å². The molecule has 0 spiro atoms. The van der Waals surface area contributed by atoms with E-state index in [1.807, 2.05) is 6.92 Å². The van der Waals surface area contributed by atoms with Gasteiger partial charge in [0.1, 0.15) is 6.04 Å². The molecule has 20 heavy (non-hydrogen) atoms. The van der Waals surface area contributed by atoms with Crippen LogP contribution in [0, 0.1) is 0 Å². The Hall–Kier alpha value is -1.56. The summed E-state index contributed by atoms with van der Waals surface area (Å²) in [7, 11) is -3.34. The van der Waals surface area contributed by atoms with Gasteiger partial charge in [-0.25, -0.2) is 13.2 Å². The lowest BCUT2D eigenvalue weighted by Crippen LogP contribution is -2.29. The van der Waals surface area contributed by atoms with Crippen LogP contribution in [0.2, 0.25) is 0 Å². The highest BCUT2D eigenvalue weighted by Gasteiger charge is 2.20. The number of hydrogen-bond donors (Lipinski definition) is 1. The molecule has 0 amide bonds. The highest BCUT2D eigenvalue weighted by atomic mass is 32.2. The molecular formula is C14H21NO4S. The highest BCUT2D eigenvalue weighted by Crippen LogP contribution is 2.23. The zero-order valence-electron chi connectivity index (χ0n) is 12.0. The lowest BCUT2D eigenvalue weighted by molar-refractivity contribution is -0.143. The molecule has 0 aromatic heterocycles. The van der Waals surface area contributed by atoms with Crippen molar-refractivity contribution < 1.29 is 17.9 Å². The van der Waals surface area contributed by atoms with Crippen molar-refractivity contribution in [3.63, 3.8) is 0 Å². The normalized spacial score (nSPS) is 12.8. The summed E-state index contributed by atoms with van der Waals surface area (Å²) in [4.78, 5) is 11.8. The molecule has 1 unspecified atom stereocenters. The SMILES string of the molecule is CCCS(=O)(=O)c1ccccc1NC(C)C(=O)OCC. The number of esters is 1. The molecule has 0 saturated heterocycles. The Kier molecular flexibility index (Phi) is 6.01. The number of para-hydroxylation sites is 1. The van der Waals surface area contributed by atoms with Crippen molar-refractivity contribution in [1.29, 1.82) is 0 Å². The summed E-state index contributed by atoms with van der Waals surface area (Å²) in [6, 6.07) is 5.99. The fourth-order valence-corrected chi connectivity index (χ4v) is 3.30. The van der Waals surface area contributed by atoms with Gasteiger partial charge in [0.25, 0.3) is 0 Å². The molecule has 0 heterocycles. The topological polar surface area (TPSA) is 72.5 Å². The number of hydrogen-bond acceptors (Lipinski definition) is 5. The van der Waals surface area contributed by atoms with E-state index >= 15 is 0 Å². The van der Waals surface area contributed by atoms with E-state index in [9.17, 15) is 13.2 Å². The van der Waals surface area contributed by atoms with Crippen LogP contribution in [0.15, 0.2) is 29.2 Å². The first-order valence-corrected chi connectivity index (χ1v) is 8.32. The maximum Gasteiger partial charge on any atom is 0.328 e. The van der Waals surface area contributed by atoms with E-state index < -0.39 is 21.8 Å². The summed E-state index contributed by atoms with van der Waals surface area (Å²) in [5.74, 6) is -0.324. The number of benzene rings is 1. The lowest BCUT2D eigenvalue weighted by Gasteiger charge is -2.16. The summed E-state index contributed by atoms with van der Waals surface area (Å²) in [6.07, 6.45) is 0.546. The van der Waals surface area contributed by atoms with Gasteiger partial charge in [-0.3, -0.25) is 0 Å². The van der Waals surface area contributed by atoms with Crippen LogP contribution in [0.25, 0.3) is 0 Å². The zero-order valence-corrected chi connectivity index (χ0v) is 12.9. The first-order chi connectivity index (χ1) is 9.42. The summed E-state index contributed by atoms with van der Waals surface area (Å²) in [6.45, 7) is 5.47. The molecule has 112 valence electrons. The molecule has 0 aliphatic heterocycles. The van der Waals surface area contributed by atoms with Gasteiger partial charge in [0.15, 0.2) is 9.84 Å². The van der Waals surface area contributed by atoms with E-state index in [-0.39, 0.29) is 10.6 Å². The molecule has 0 bridgehead atoms. The predicted molar refractivity (Wildman–Crippen MR) is 78.5 cm³/mol. The number of ether oxygens (including phenoxy) is 1. The summed E-state index contributed by atoms with van der Waals surface area (Å²) < 4.78 is 29.2. The van der Waals surface area contributed by atoms with Gasteiger partial charge in [0.2, 0.25) is 0 Å². The number of nitrogens with one attached hydrogen (secondary N) is 1. The lowest BCUT2D eigenvalue weighted by atomic mass is 10.2. The predicted octanol–water partition coefficient (Wildman–Crippen LogP) is 2.23. The molecule has 1 rings (SSSR count). The van der Waals surface area contributed by atoms with Gasteiger partial charge in [-0.15, -0.1) is 0 Å². The van der Waals surface area contributed by atoms with Crippen LogP contribution in [0.3, 0.4) is 0 Å². The van der Waals surface area contributed by atoms with Crippen LogP contribution >= 0.6 is 0 Å². The monoisotopic (exact) mass is 299 g/mol. The second-order valence-electron chi connectivity index (χ2n) is 4.43. The fourth-order valence-electron chi connectivity index (χ4n) is 1.80. The van der Waals surface area contributed by atoms with Crippen molar-refractivity contribution in [2.45, 2.75) is 38.1 Å². The fraction of sp³-hybridized carbons (Fsp3) is 0.500. The van der Waals surface area contributed by atoms with Gasteiger partial charge < -0.3 is 10.1 Å². The molecule has 0 radical (unpaired) electrons. The van der Waals surface area contributed by atoms with E-state index in [0.717, 1.165) is 0 Å². The Bertz CT molecular complexity index is 554. The van der Waals surface area contributed by atoms with Crippen molar-refractivity contribution in [2.75, 3.05) is 17.7 Å². The third-order valence-electron chi connectivity index (χ3n) is 2.71. The Labute approximate surface area is 120 Å². The summed E-state index contributed by atoms with van der Waals surface area (Å²) in [5, 5.41) is 2.91. The summed E-state index contributed by atoms with van der Waals surface area (Å²) in [5.41, 5.74) is 0.432. The second kappa shape index (κ2) is 7.28. The molecule has 0 aliphatic rings. The summed E-state index contributed by atoms with van der Waals surface area (Å²) >= 11 is 0. The average Bonchev–Trinajstić information content (AvgIpc) is 2.39.